The Balaban J connectivity index is 2.26. The third-order valence-corrected chi connectivity index (χ3v) is 3.01. The molecule has 4 heteroatoms. The topological polar surface area (TPSA) is 45.4 Å². The molecule has 1 aliphatic heterocycles. The molecule has 2 heterocycles. The molecule has 3 nitrogen and oxygen atoms in total. The van der Waals surface area contributed by atoms with Gasteiger partial charge < -0.3 is 14.8 Å². The van der Waals surface area contributed by atoms with E-state index in [2.05, 4.69) is 5.32 Å². The summed E-state index contributed by atoms with van der Waals surface area (Å²) in [7, 11) is 0. The van der Waals surface area contributed by atoms with Crippen molar-refractivity contribution < 1.29 is 9.52 Å². The molecule has 1 aromatic heterocycles. The molecule has 1 atom stereocenters. The molecule has 14 heavy (non-hydrogen) atoms. The van der Waals surface area contributed by atoms with Crippen molar-refractivity contribution in [1.82, 2.24) is 5.32 Å². The van der Waals surface area contributed by atoms with Crippen LogP contribution in [0.1, 0.15) is 25.0 Å². The number of piperidine rings is 1. The van der Waals surface area contributed by atoms with Crippen molar-refractivity contribution in [2.24, 2.45) is 0 Å². The lowest BCUT2D eigenvalue weighted by atomic mass is 9.87. The van der Waals surface area contributed by atoms with Crippen molar-refractivity contribution in [2.45, 2.75) is 24.8 Å². The lowest BCUT2D eigenvalue weighted by molar-refractivity contribution is 0.110. The van der Waals surface area contributed by atoms with Crippen LogP contribution < -0.4 is 5.32 Å². The zero-order valence-corrected chi connectivity index (χ0v) is 8.68. The Morgan fingerprint density at radius 1 is 1.50 bits per heavy atom. The summed E-state index contributed by atoms with van der Waals surface area (Å²) in [5.41, 5.74) is -0.411. The van der Waals surface area contributed by atoms with Crippen LogP contribution in [-0.2, 0) is 5.54 Å². The molecule has 0 aliphatic carbocycles. The molecule has 1 saturated heterocycles. The van der Waals surface area contributed by atoms with E-state index in [1.54, 1.807) is 6.07 Å². The average Bonchev–Trinajstić information content (AvgIpc) is 2.66. The van der Waals surface area contributed by atoms with E-state index in [0.29, 0.717) is 5.22 Å². The summed E-state index contributed by atoms with van der Waals surface area (Å²) in [5, 5.41) is 13.1. The van der Waals surface area contributed by atoms with Gasteiger partial charge in [-0.25, -0.2) is 0 Å². The van der Waals surface area contributed by atoms with E-state index < -0.39 is 5.54 Å². The molecule has 0 bridgehead atoms. The van der Waals surface area contributed by atoms with Crippen LogP contribution in [0.25, 0.3) is 0 Å². The molecule has 1 fully saturated rings. The maximum absolute atomic E-state index is 9.44. The normalized spacial score (nSPS) is 27.9. The standard InChI is InChI=1S/C10H14ClNO2/c11-9-4-3-8(14-9)10(7-13)5-1-2-6-12-10/h3-4,12-13H,1-2,5-7H2. The molecule has 78 valence electrons. The first-order valence-electron chi connectivity index (χ1n) is 4.88. The second-order valence-electron chi connectivity index (χ2n) is 3.73. The minimum absolute atomic E-state index is 0.0524. The van der Waals surface area contributed by atoms with Crippen LogP contribution in [0.5, 0.6) is 0 Å². The van der Waals surface area contributed by atoms with Gasteiger partial charge in [-0.2, -0.15) is 0 Å². The van der Waals surface area contributed by atoms with Crippen molar-refractivity contribution in [3.8, 4) is 0 Å². The van der Waals surface area contributed by atoms with E-state index in [0.717, 1.165) is 31.6 Å². The molecule has 2 N–H and O–H groups in total. The van der Waals surface area contributed by atoms with E-state index in [-0.39, 0.29) is 6.61 Å². The number of hydrogen-bond acceptors (Lipinski definition) is 3. The Labute approximate surface area is 88.1 Å². The summed E-state index contributed by atoms with van der Waals surface area (Å²) in [6.45, 7) is 0.968. The van der Waals surface area contributed by atoms with Crippen molar-refractivity contribution >= 4 is 11.6 Å². The first kappa shape index (κ1) is 10.0. The maximum atomic E-state index is 9.44. The van der Waals surface area contributed by atoms with Crippen LogP contribution in [0, 0.1) is 0 Å². The fourth-order valence-electron chi connectivity index (χ4n) is 1.96. The van der Waals surface area contributed by atoms with Crippen LogP contribution >= 0.6 is 11.6 Å². The molecule has 1 unspecified atom stereocenters. The van der Waals surface area contributed by atoms with Gasteiger partial charge in [0.25, 0.3) is 0 Å². The predicted octanol–water partition coefficient (Wildman–Crippen LogP) is 1.89. The van der Waals surface area contributed by atoms with Gasteiger partial charge in [-0.1, -0.05) is 0 Å². The highest BCUT2D eigenvalue weighted by atomic mass is 35.5. The summed E-state index contributed by atoms with van der Waals surface area (Å²) in [4.78, 5) is 0. The number of furan rings is 1. The summed E-state index contributed by atoms with van der Waals surface area (Å²) in [6.07, 6.45) is 3.15. The quantitative estimate of drug-likeness (QED) is 0.792. The van der Waals surface area contributed by atoms with E-state index in [4.69, 9.17) is 16.0 Å². The number of hydrogen-bond donors (Lipinski definition) is 2. The molecule has 1 aromatic rings. The number of halogens is 1. The first-order chi connectivity index (χ1) is 6.77. The van der Waals surface area contributed by atoms with E-state index in [1.165, 1.54) is 0 Å². The van der Waals surface area contributed by atoms with Crippen LogP contribution in [0.3, 0.4) is 0 Å². The third kappa shape index (κ3) is 1.67. The van der Waals surface area contributed by atoms with Crippen LogP contribution in [0.4, 0.5) is 0 Å². The van der Waals surface area contributed by atoms with Gasteiger partial charge in [0.2, 0.25) is 0 Å². The zero-order chi connectivity index (χ0) is 10.0. The van der Waals surface area contributed by atoms with Gasteiger partial charge in [-0.15, -0.1) is 0 Å². The van der Waals surface area contributed by atoms with Crippen molar-refractivity contribution in [3.05, 3.63) is 23.1 Å². The highest BCUT2D eigenvalue weighted by molar-refractivity contribution is 6.28. The summed E-state index contributed by atoms with van der Waals surface area (Å²) < 4.78 is 5.36. The fourth-order valence-corrected chi connectivity index (χ4v) is 2.11. The number of rotatable bonds is 2. The zero-order valence-electron chi connectivity index (χ0n) is 7.92. The monoisotopic (exact) mass is 215 g/mol. The van der Waals surface area contributed by atoms with Gasteiger partial charge in [0.1, 0.15) is 11.3 Å². The van der Waals surface area contributed by atoms with Crippen LogP contribution in [-0.4, -0.2) is 18.3 Å². The minimum atomic E-state index is -0.411. The number of aliphatic hydroxyl groups is 1. The Morgan fingerprint density at radius 3 is 2.86 bits per heavy atom. The molecule has 0 aromatic carbocycles. The molecule has 0 saturated carbocycles. The fraction of sp³-hybridized carbons (Fsp3) is 0.600. The smallest absolute Gasteiger partial charge is 0.193 e. The first-order valence-corrected chi connectivity index (χ1v) is 5.26. The van der Waals surface area contributed by atoms with E-state index >= 15 is 0 Å². The summed E-state index contributed by atoms with van der Waals surface area (Å²) in [5.74, 6) is 0.740. The Kier molecular flexibility index (Phi) is 2.81. The second-order valence-corrected chi connectivity index (χ2v) is 4.10. The molecule has 1 aliphatic rings. The lowest BCUT2D eigenvalue weighted by Crippen LogP contribution is -2.48. The number of nitrogens with one attached hydrogen (secondary N) is 1. The summed E-state index contributed by atoms with van der Waals surface area (Å²) in [6, 6.07) is 3.54. The number of aliphatic hydroxyl groups excluding tert-OH is 1. The SMILES string of the molecule is OCC1(c2ccc(Cl)o2)CCCCN1. The maximum Gasteiger partial charge on any atom is 0.193 e. The lowest BCUT2D eigenvalue weighted by Gasteiger charge is -2.34. The second kappa shape index (κ2) is 3.93. The summed E-state index contributed by atoms with van der Waals surface area (Å²) >= 11 is 5.72. The highest BCUT2D eigenvalue weighted by Crippen LogP contribution is 2.32. The van der Waals surface area contributed by atoms with Gasteiger partial charge in [0, 0.05) is 0 Å². The van der Waals surface area contributed by atoms with Crippen molar-refractivity contribution in [1.29, 1.82) is 0 Å². The molecule has 0 radical (unpaired) electrons. The largest absolute Gasteiger partial charge is 0.448 e. The average molecular weight is 216 g/mol. The minimum Gasteiger partial charge on any atom is -0.448 e. The van der Waals surface area contributed by atoms with Gasteiger partial charge in [0.15, 0.2) is 5.22 Å². The predicted molar refractivity (Wildman–Crippen MR) is 54.3 cm³/mol. The highest BCUT2D eigenvalue weighted by Gasteiger charge is 2.35. The van der Waals surface area contributed by atoms with Gasteiger partial charge in [0.05, 0.1) is 6.61 Å². The molecular weight excluding hydrogens is 202 g/mol. The molecular formula is C10H14ClNO2. The molecule has 0 spiro atoms. The van der Waals surface area contributed by atoms with Crippen LogP contribution in [0.15, 0.2) is 16.5 Å². The van der Waals surface area contributed by atoms with Gasteiger partial charge >= 0.3 is 0 Å². The van der Waals surface area contributed by atoms with Crippen molar-refractivity contribution in [3.63, 3.8) is 0 Å². The molecule has 2 rings (SSSR count). The Morgan fingerprint density at radius 2 is 2.36 bits per heavy atom. The molecule has 0 amide bonds. The Bertz CT molecular complexity index is 305. The third-order valence-electron chi connectivity index (χ3n) is 2.81. The Hall–Kier alpha value is -0.510. The van der Waals surface area contributed by atoms with Gasteiger partial charge in [-0.05, 0) is 49.5 Å². The van der Waals surface area contributed by atoms with E-state index in [9.17, 15) is 5.11 Å². The van der Waals surface area contributed by atoms with Gasteiger partial charge in [-0.3, -0.25) is 0 Å². The van der Waals surface area contributed by atoms with E-state index in [1.807, 2.05) is 6.07 Å². The van der Waals surface area contributed by atoms with Crippen LogP contribution in [0.2, 0.25) is 5.22 Å². The van der Waals surface area contributed by atoms with Crippen molar-refractivity contribution in [2.75, 3.05) is 13.2 Å².